The van der Waals surface area contributed by atoms with Gasteiger partial charge in [0.2, 0.25) is 0 Å². The van der Waals surface area contributed by atoms with Crippen LogP contribution in [-0.4, -0.2) is 22.3 Å². The Morgan fingerprint density at radius 3 is 2.55 bits per heavy atom. The number of carbonyl (C=O) groups excluding carboxylic acids is 2. The van der Waals surface area contributed by atoms with Gasteiger partial charge < -0.3 is 4.74 Å². The number of ether oxygens (including phenoxy) is 1. The van der Waals surface area contributed by atoms with Crippen molar-refractivity contribution >= 4 is 17.4 Å². The zero-order valence-corrected chi connectivity index (χ0v) is 18.9. The molecule has 3 saturated carbocycles. The fraction of sp³-hybridized carbons (Fsp3) is 0.556. The van der Waals surface area contributed by atoms with Gasteiger partial charge in [-0.25, -0.2) is 4.79 Å². The number of hydrogen-bond donors (Lipinski definition) is 0. The van der Waals surface area contributed by atoms with Crippen molar-refractivity contribution in [3.63, 3.8) is 0 Å². The third kappa shape index (κ3) is 2.92. The van der Waals surface area contributed by atoms with Crippen LogP contribution in [0.4, 0.5) is 5.69 Å². The van der Waals surface area contributed by atoms with Crippen LogP contribution in [0.25, 0.3) is 0 Å². The van der Waals surface area contributed by atoms with E-state index in [9.17, 15) is 19.7 Å². The van der Waals surface area contributed by atoms with Gasteiger partial charge in [-0.05, 0) is 85.8 Å². The lowest BCUT2D eigenvalue weighted by Gasteiger charge is -2.58. The smallest absolute Gasteiger partial charge is 0.331 e. The topological polar surface area (TPSA) is 86.5 Å². The summed E-state index contributed by atoms with van der Waals surface area (Å²) in [5.74, 6) is 1.97. The van der Waals surface area contributed by atoms with Crippen LogP contribution in [0.3, 0.4) is 0 Å². The number of carbonyl (C=O) groups is 2. The van der Waals surface area contributed by atoms with E-state index < -0.39 is 5.60 Å². The molecular formula is C27H29NO5. The summed E-state index contributed by atoms with van der Waals surface area (Å²) in [6, 6.07) is 7.08. The van der Waals surface area contributed by atoms with E-state index in [0.717, 1.165) is 44.1 Å². The highest BCUT2D eigenvalue weighted by Crippen LogP contribution is 2.69. The van der Waals surface area contributed by atoms with Gasteiger partial charge in [-0.15, -0.1) is 0 Å². The summed E-state index contributed by atoms with van der Waals surface area (Å²) < 4.78 is 6.02. The molecule has 0 radical (unpaired) electrons. The van der Waals surface area contributed by atoms with Crippen molar-refractivity contribution in [1.82, 2.24) is 0 Å². The van der Waals surface area contributed by atoms with Crippen LogP contribution >= 0.6 is 0 Å². The van der Waals surface area contributed by atoms with E-state index in [0.29, 0.717) is 30.1 Å². The molecule has 5 aliphatic rings. The summed E-state index contributed by atoms with van der Waals surface area (Å²) >= 11 is 0. The van der Waals surface area contributed by atoms with Crippen molar-refractivity contribution < 1.29 is 19.2 Å². The second-order valence-corrected chi connectivity index (χ2v) is 11.0. The predicted octanol–water partition coefficient (Wildman–Crippen LogP) is 5.28. The Morgan fingerprint density at radius 2 is 1.85 bits per heavy atom. The van der Waals surface area contributed by atoms with Crippen molar-refractivity contribution in [1.29, 1.82) is 0 Å². The summed E-state index contributed by atoms with van der Waals surface area (Å²) in [5, 5.41) is 11.2. The standard InChI is InChI=1S/C27H29NO5/c1-26-15-22(16-2-5-18(6-3-16)28(31)32)25-20-9-7-19(29)14-17(20)4-8-21(25)23(26)10-12-27(26)13-11-24(30)33-27/h2-3,5-6,11,13-14,20-23,25H,4,7-10,12,15H2,1H3/t20-,21-,22+,23-,25+,26-,27+/m0/s1. The monoisotopic (exact) mass is 447 g/mol. The molecule has 0 saturated heterocycles. The summed E-state index contributed by atoms with van der Waals surface area (Å²) in [6.45, 7) is 2.30. The number of rotatable bonds is 2. The number of allylic oxidation sites excluding steroid dienone is 1. The molecule has 0 aromatic heterocycles. The fourth-order valence-corrected chi connectivity index (χ4v) is 8.41. The van der Waals surface area contributed by atoms with Gasteiger partial charge in [0.25, 0.3) is 5.69 Å². The Bertz CT molecular complexity index is 1100. The van der Waals surface area contributed by atoms with Gasteiger partial charge in [-0.2, -0.15) is 0 Å². The van der Waals surface area contributed by atoms with Gasteiger partial charge in [0.05, 0.1) is 4.92 Å². The maximum absolute atomic E-state index is 12.2. The Morgan fingerprint density at radius 1 is 1.06 bits per heavy atom. The van der Waals surface area contributed by atoms with Gasteiger partial charge in [-0.1, -0.05) is 24.6 Å². The van der Waals surface area contributed by atoms with Crippen LogP contribution in [-0.2, 0) is 14.3 Å². The second-order valence-electron chi connectivity index (χ2n) is 11.0. The van der Waals surface area contributed by atoms with Crippen molar-refractivity contribution in [3.8, 4) is 0 Å². The molecule has 1 heterocycles. The summed E-state index contributed by atoms with van der Waals surface area (Å²) in [7, 11) is 0. The van der Waals surface area contributed by atoms with Gasteiger partial charge in [0, 0.05) is 30.0 Å². The Balaban J connectivity index is 1.45. The van der Waals surface area contributed by atoms with Gasteiger partial charge >= 0.3 is 5.97 Å². The van der Waals surface area contributed by atoms with Crippen LogP contribution in [0.1, 0.15) is 63.4 Å². The third-order valence-corrected chi connectivity index (χ3v) is 9.79. The average molecular weight is 448 g/mol. The molecular weight excluding hydrogens is 418 g/mol. The molecule has 1 aromatic rings. The zero-order chi connectivity index (χ0) is 23.0. The van der Waals surface area contributed by atoms with Crippen LogP contribution < -0.4 is 0 Å². The molecule has 0 bridgehead atoms. The van der Waals surface area contributed by atoms with Gasteiger partial charge in [0.15, 0.2) is 5.78 Å². The lowest BCUT2D eigenvalue weighted by molar-refractivity contribution is -0.384. The molecule has 1 aliphatic heterocycles. The maximum Gasteiger partial charge on any atom is 0.331 e. The number of fused-ring (bicyclic) bond motifs is 6. The summed E-state index contributed by atoms with van der Waals surface area (Å²) in [6.07, 6.45) is 11.8. The van der Waals surface area contributed by atoms with Crippen LogP contribution in [0.5, 0.6) is 0 Å². The molecule has 1 aromatic carbocycles. The van der Waals surface area contributed by atoms with Crippen LogP contribution in [0.2, 0.25) is 0 Å². The molecule has 3 fully saturated rings. The Labute approximate surface area is 193 Å². The van der Waals surface area contributed by atoms with Crippen molar-refractivity contribution in [2.24, 2.45) is 29.1 Å². The summed E-state index contributed by atoms with van der Waals surface area (Å²) in [5.41, 5.74) is 1.83. The third-order valence-electron chi connectivity index (χ3n) is 9.79. The molecule has 7 atom stereocenters. The van der Waals surface area contributed by atoms with Crippen LogP contribution in [0.15, 0.2) is 48.1 Å². The maximum atomic E-state index is 12.2. The molecule has 1 spiro atoms. The van der Waals surface area contributed by atoms with Gasteiger partial charge in [-0.3, -0.25) is 14.9 Å². The number of non-ortho nitro benzene ring substituents is 1. The van der Waals surface area contributed by atoms with E-state index >= 15 is 0 Å². The number of ketones is 1. The molecule has 33 heavy (non-hydrogen) atoms. The Kier molecular flexibility index (Phi) is 4.49. The first-order valence-electron chi connectivity index (χ1n) is 12.2. The Hall–Kier alpha value is -2.76. The number of nitro groups is 1. The highest BCUT2D eigenvalue weighted by Gasteiger charge is 2.66. The molecule has 0 amide bonds. The number of hydrogen-bond acceptors (Lipinski definition) is 5. The molecule has 6 rings (SSSR count). The molecule has 6 nitrogen and oxygen atoms in total. The molecule has 172 valence electrons. The molecule has 0 unspecified atom stereocenters. The lowest BCUT2D eigenvalue weighted by Crippen LogP contribution is -2.54. The summed E-state index contributed by atoms with van der Waals surface area (Å²) in [4.78, 5) is 35.2. The minimum atomic E-state index is -0.544. The lowest BCUT2D eigenvalue weighted by atomic mass is 9.46. The fourth-order valence-electron chi connectivity index (χ4n) is 8.41. The van der Waals surface area contributed by atoms with Crippen LogP contribution in [0, 0.1) is 39.2 Å². The van der Waals surface area contributed by atoms with E-state index in [1.165, 1.54) is 5.57 Å². The predicted molar refractivity (Wildman–Crippen MR) is 121 cm³/mol. The average Bonchev–Trinajstić information content (AvgIpc) is 3.32. The minimum Gasteiger partial charge on any atom is -0.451 e. The highest BCUT2D eigenvalue weighted by molar-refractivity contribution is 5.91. The van der Waals surface area contributed by atoms with Crippen molar-refractivity contribution in [2.45, 2.75) is 63.4 Å². The minimum absolute atomic E-state index is 0.104. The van der Waals surface area contributed by atoms with E-state index in [4.69, 9.17) is 4.74 Å². The molecule has 0 N–H and O–H groups in total. The van der Waals surface area contributed by atoms with E-state index in [1.54, 1.807) is 18.2 Å². The normalized spacial score (nSPS) is 41.2. The van der Waals surface area contributed by atoms with E-state index in [2.05, 4.69) is 6.92 Å². The zero-order valence-electron chi connectivity index (χ0n) is 18.9. The first-order chi connectivity index (χ1) is 15.8. The first kappa shape index (κ1) is 20.8. The SMILES string of the molecule is C[C@]12C[C@H](c3ccc([N+](=O)[O-])cc3)[C@H]3[C@@H](CCC4=CC(=O)CC[C@@H]43)[C@@H]1CC[C@@]21C=CC(=O)O1. The molecule has 4 aliphatic carbocycles. The number of benzene rings is 1. The highest BCUT2D eigenvalue weighted by atomic mass is 16.6. The number of esters is 1. The molecule has 6 heteroatoms. The second kappa shape index (κ2) is 7.12. The quantitative estimate of drug-likeness (QED) is 0.350. The van der Waals surface area contributed by atoms with Crippen molar-refractivity contribution in [2.75, 3.05) is 0 Å². The number of nitrogens with zero attached hydrogens (tertiary/aromatic N) is 1. The first-order valence-corrected chi connectivity index (χ1v) is 12.2. The van der Waals surface area contributed by atoms with Crippen molar-refractivity contribution in [3.05, 3.63) is 63.7 Å². The largest absolute Gasteiger partial charge is 0.451 e. The van der Waals surface area contributed by atoms with E-state index in [1.807, 2.05) is 24.3 Å². The van der Waals surface area contributed by atoms with Gasteiger partial charge in [0.1, 0.15) is 5.60 Å². The van der Waals surface area contributed by atoms with E-state index in [-0.39, 0.29) is 33.7 Å². The number of nitro benzene ring substituents is 1.